The van der Waals surface area contributed by atoms with E-state index in [2.05, 4.69) is 4.98 Å². The summed E-state index contributed by atoms with van der Waals surface area (Å²) in [6.45, 7) is 0.0271. The van der Waals surface area contributed by atoms with Gasteiger partial charge in [-0.15, -0.1) is 11.3 Å². The van der Waals surface area contributed by atoms with Crippen LogP contribution in [0.1, 0.15) is 16.1 Å². The van der Waals surface area contributed by atoms with Crippen LogP contribution in [-0.4, -0.2) is 46.5 Å². The molecule has 3 rings (SSSR count). The minimum Gasteiger partial charge on any atom is -0.493 e. The zero-order valence-corrected chi connectivity index (χ0v) is 18.7. The van der Waals surface area contributed by atoms with Gasteiger partial charge >= 0.3 is 5.97 Å². The maximum absolute atomic E-state index is 12.6. The standard InChI is InChI=1S/C22H23NO7S/c1-25-16-7-6-13(8-17(16)26-2)21-23-15(12-31-21)11-30-22(24)14-9-18(27-3)20(29-5)19(10-14)28-4/h6-10,12H,11H2,1-5H3. The number of ether oxygens (including phenoxy) is 6. The normalized spacial score (nSPS) is 10.4. The van der Waals surface area contributed by atoms with Gasteiger partial charge in [-0.3, -0.25) is 0 Å². The SMILES string of the molecule is COc1ccc(-c2nc(COC(=O)c3cc(OC)c(OC)c(OC)c3)cs2)cc1OC. The molecule has 0 atom stereocenters. The van der Waals surface area contributed by atoms with Crippen LogP contribution in [0.4, 0.5) is 0 Å². The molecule has 0 bridgehead atoms. The summed E-state index contributed by atoms with van der Waals surface area (Å²) in [6, 6.07) is 8.65. The molecule has 1 heterocycles. The molecule has 8 nitrogen and oxygen atoms in total. The van der Waals surface area contributed by atoms with Crippen molar-refractivity contribution in [1.29, 1.82) is 0 Å². The van der Waals surface area contributed by atoms with Gasteiger partial charge in [0.05, 0.1) is 46.8 Å². The van der Waals surface area contributed by atoms with Crippen molar-refractivity contribution >= 4 is 17.3 Å². The largest absolute Gasteiger partial charge is 0.493 e. The van der Waals surface area contributed by atoms with E-state index < -0.39 is 5.97 Å². The number of methoxy groups -OCH3 is 5. The van der Waals surface area contributed by atoms with Gasteiger partial charge in [0.15, 0.2) is 23.0 Å². The Kier molecular flexibility index (Phi) is 7.19. The second-order valence-electron chi connectivity index (χ2n) is 6.20. The number of carbonyl (C=O) groups excluding carboxylic acids is 1. The van der Waals surface area contributed by atoms with E-state index >= 15 is 0 Å². The smallest absolute Gasteiger partial charge is 0.338 e. The molecule has 0 amide bonds. The molecule has 2 aromatic carbocycles. The zero-order valence-electron chi connectivity index (χ0n) is 17.9. The molecule has 0 saturated heterocycles. The first-order valence-corrected chi connectivity index (χ1v) is 10.1. The van der Waals surface area contributed by atoms with Crippen LogP contribution in [0.5, 0.6) is 28.7 Å². The van der Waals surface area contributed by atoms with Crippen LogP contribution < -0.4 is 23.7 Å². The van der Waals surface area contributed by atoms with E-state index in [1.54, 1.807) is 26.4 Å². The Morgan fingerprint density at radius 3 is 2.06 bits per heavy atom. The molecule has 0 spiro atoms. The van der Waals surface area contributed by atoms with Gasteiger partial charge in [-0.2, -0.15) is 0 Å². The lowest BCUT2D eigenvalue weighted by Crippen LogP contribution is -2.07. The lowest BCUT2D eigenvalue weighted by molar-refractivity contribution is 0.0467. The molecule has 0 N–H and O–H groups in total. The highest BCUT2D eigenvalue weighted by molar-refractivity contribution is 7.13. The molecule has 164 valence electrons. The number of hydrogen-bond donors (Lipinski definition) is 0. The van der Waals surface area contributed by atoms with Gasteiger partial charge in [0.1, 0.15) is 11.6 Å². The van der Waals surface area contributed by atoms with Crippen LogP contribution in [-0.2, 0) is 11.3 Å². The summed E-state index contributed by atoms with van der Waals surface area (Å²) in [7, 11) is 7.63. The molecule has 0 aliphatic heterocycles. The summed E-state index contributed by atoms with van der Waals surface area (Å²) in [4.78, 5) is 17.1. The average Bonchev–Trinajstić information content (AvgIpc) is 3.29. The van der Waals surface area contributed by atoms with E-state index in [1.165, 1.54) is 32.7 Å². The first-order chi connectivity index (χ1) is 15.0. The zero-order chi connectivity index (χ0) is 22.4. The van der Waals surface area contributed by atoms with Crippen molar-refractivity contribution in [3.8, 4) is 39.3 Å². The van der Waals surface area contributed by atoms with Crippen molar-refractivity contribution in [3.63, 3.8) is 0 Å². The predicted octanol–water partition coefficient (Wildman–Crippen LogP) is 4.21. The third kappa shape index (κ3) is 4.83. The minimum absolute atomic E-state index is 0.0271. The molecule has 31 heavy (non-hydrogen) atoms. The molecular formula is C22H23NO7S. The van der Waals surface area contributed by atoms with Crippen molar-refractivity contribution < 1.29 is 33.2 Å². The lowest BCUT2D eigenvalue weighted by atomic mass is 10.2. The van der Waals surface area contributed by atoms with Crippen LogP contribution in [0.3, 0.4) is 0 Å². The van der Waals surface area contributed by atoms with E-state index in [1.807, 2.05) is 23.6 Å². The van der Waals surface area contributed by atoms with E-state index in [0.717, 1.165) is 10.6 Å². The van der Waals surface area contributed by atoms with Crippen LogP contribution in [0.2, 0.25) is 0 Å². The van der Waals surface area contributed by atoms with Crippen molar-refractivity contribution in [1.82, 2.24) is 4.98 Å². The first kappa shape index (κ1) is 22.2. The maximum Gasteiger partial charge on any atom is 0.338 e. The molecule has 0 aliphatic carbocycles. The molecule has 0 fully saturated rings. The number of rotatable bonds is 9. The Hall–Kier alpha value is -3.46. The molecule has 3 aromatic rings. The van der Waals surface area contributed by atoms with E-state index in [4.69, 9.17) is 28.4 Å². The topological polar surface area (TPSA) is 85.3 Å². The highest BCUT2D eigenvalue weighted by Gasteiger charge is 2.18. The minimum atomic E-state index is -0.528. The molecule has 0 radical (unpaired) electrons. The highest BCUT2D eigenvalue weighted by atomic mass is 32.1. The monoisotopic (exact) mass is 445 g/mol. The Balaban J connectivity index is 1.73. The number of aromatic nitrogens is 1. The lowest BCUT2D eigenvalue weighted by Gasteiger charge is -2.13. The van der Waals surface area contributed by atoms with E-state index in [9.17, 15) is 4.79 Å². The fourth-order valence-electron chi connectivity index (χ4n) is 2.90. The summed E-state index contributed by atoms with van der Waals surface area (Å²) >= 11 is 1.44. The van der Waals surface area contributed by atoms with Crippen LogP contribution in [0, 0.1) is 0 Å². The Morgan fingerprint density at radius 2 is 1.48 bits per heavy atom. The van der Waals surface area contributed by atoms with E-state index in [0.29, 0.717) is 34.4 Å². The van der Waals surface area contributed by atoms with E-state index in [-0.39, 0.29) is 12.2 Å². The number of thiazole rings is 1. The second kappa shape index (κ2) is 10.0. The highest BCUT2D eigenvalue weighted by Crippen LogP contribution is 2.38. The fraction of sp³-hybridized carbons (Fsp3) is 0.273. The average molecular weight is 445 g/mol. The van der Waals surface area contributed by atoms with Gasteiger partial charge in [-0.25, -0.2) is 9.78 Å². The Labute approximate surface area is 184 Å². The van der Waals surface area contributed by atoms with Crippen molar-refractivity contribution in [2.75, 3.05) is 35.5 Å². The van der Waals surface area contributed by atoms with Gasteiger partial charge in [-0.05, 0) is 30.3 Å². The number of benzene rings is 2. The first-order valence-electron chi connectivity index (χ1n) is 9.18. The molecule has 9 heteroatoms. The Morgan fingerprint density at radius 1 is 0.839 bits per heavy atom. The number of hydrogen-bond acceptors (Lipinski definition) is 9. The van der Waals surface area contributed by atoms with Gasteiger partial charge < -0.3 is 28.4 Å². The van der Waals surface area contributed by atoms with Gasteiger partial charge in [-0.1, -0.05) is 0 Å². The molecule has 0 unspecified atom stereocenters. The molecule has 0 saturated carbocycles. The van der Waals surface area contributed by atoms with Crippen molar-refractivity contribution in [2.24, 2.45) is 0 Å². The van der Waals surface area contributed by atoms with Crippen LogP contribution in [0.25, 0.3) is 10.6 Å². The predicted molar refractivity (Wildman–Crippen MR) is 116 cm³/mol. The summed E-state index contributed by atoms with van der Waals surface area (Å²) < 4.78 is 31.9. The molecule has 0 aliphatic rings. The third-order valence-electron chi connectivity index (χ3n) is 4.43. The van der Waals surface area contributed by atoms with Gasteiger partial charge in [0, 0.05) is 10.9 Å². The Bertz CT molecular complexity index is 1040. The molecule has 1 aromatic heterocycles. The van der Waals surface area contributed by atoms with Crippen LogP contribution in [0.15, 0.2) is 35.7 Å². The summed E-state index contributed by atoms with van der Waals surface area (Å²) in [5.74, 6) is 1.88. The fourth-order valence-corrected chi connectivity index (χ4v) is 3.70. The number of carbonyl (C=O) groups is 1. The van der Waals surface area contributed by atoms with Crippen LogP contribution >= 0.6 is 11.3 Å². The number of esters is 1. The molecular weight excluding hydrogens is 422 g/mol. The summed E-state index contributed by atoms with van der Waals surface area (Å²) in [6.07, 6.45) is 0. The maximum atomic E-state index is 12.6. The summed E-state index contributed by atoms with van der Waals surface area (Å²) in [5.41, 5.74) is 1.80. The van der Waals surface area contributed by atoms with Crippen molar-refractivity contribution in [3.05, 3.63) is 47.0 Å². The second-order valence-corrected chi connectivity index (χ2v) is 7.06. The third-order valence-corrected chi connectivity index (χ3v) is 5.37. The van der Waals surface area contributed by atoms with Gasteiger partial charge in [0.2, 0.25) is 5.75 Å². The number of nitrogens with zero attached hydrogens (tertiary/aromatic N) is 1. The quantitative estimate of drug-likeness (QED) is 0.453. The van der Waals surface area contributed by atoms with Crippen molar-refractivity contribution in [2.45, 2.75) is 6.61 Å². The van der Waals surface area contributed by atoms with Gasteiger partial charge in [0.25, 0.3) is 0 Å². The summed E-state index contributed by atoms with van der Waals surface area (Å²) in [5, 5.41) is 2.62.